The van der Waals surface area contributed by atoms with E-state index < -0.39 is 17.8 Å². The Kier molecular flexibility index (Phi) is 10.2. The van der Waals surface area contributed by atoms with Crippen molar-refractivity contribution < 1.29 is 23.5 Å². The highest BCUT2D eigenvalue weighted by Gasteiger charge is 2.47. The number of piperidine rings is 3. The van der Waals surface area contributed by atoms with Crippen LogP contribution in [0, 0.1) is 17.7 Å². The molecule has 258 valence electrons. The summed E-state index contributed by atoms with van der Waals surface area (Å²) in [4.78, 5) is 47.0. The summed E-state index contributed by atoms with van der Waals surface area (Å²) in [5, 5.41) is 3.04. The fourth-order valence-electron chi connectivity index (χ4n) is 9.43. The molecule has 6 fully saturated rings. The number of halogens is 1. The van der Waals surface area contributed by atoms with E-state index in [-0.39, 0.29) is 47.4 Å². The SMILES string of the molecule is CCN1CCC(OC2CCN(C(=O)C(NC(=O)c3ccc(C4CC5CCC(C4)N5C(=O)C4CC4)cc3F)C3CCCCC3)CC2)CC1. The molecule has 3 atom stereocenters. The number of carbonyl (C=O) groups excluding carboxylic acids is 3. The van der Waals surface area contributed by atoms with Crippen molar-refractivity contribution in [1.82, 2.24) is 20.0 Å². The number of nitrogens with one attached hydrogen (secondary N) is 1. The van der Waals surface area contributed by atoms with Gasteiger partial charge in [-0.1, -0.05) is 32.3 Å². The third-order valence-electron chi connectivity index (χ3n) is 12.4. The van der Waals surface area contributed by atoms with Crippen LogP contribution in [-0.4, -0.2) is 95.5 Å². The summed E-state index contributed by atoms with van der Waals surface area (Å²) in [7, 11) is 0. The number of benzene rings is 1. The van der Waals surface area contributed by atoms with E-state index in [4.69, 9.17) is 4.74 Å². The molecular weight excluding hydrogens is 595 g/mol. The van der Waals surface area contributed by atoms with Crippen molar-refractivity contribution in [2.45, 2.75) is 139 Å². The molecule has 3 unspecified atom stereocenters. The van der Waals surface area contributed by atoms with Crippen LogP contribution in [0.15, 0.2) is 18.2 Å². The van der Waals surface area contributed by atoms with Crippen molar-refractivity contribution in [2.24, 2.45) is 11.8 Å². The molecule has 1 aromatic carbocycles. The molecule has 2 aliphatic carbocycles. The predicted molar refractivity (Wildman–Crippen MR) is 178 cm³/mol. The highest BCUT2D eigenvalue weighted by molar-refractivity contribution is 5.98. The van der Waals surface area contributed by atoms with Crippen LogP contribution in [0.3, 0.4) is 0 Å². The molecular formula is C38H55FN4O4. The Labute approximate surface area is 280 Å². The second-order valence-corrected chi connectivity index (χ2v) is 15.5. The first-order valence-electron chi connectivity index (χ1n) is 19.0. The summed E-state index contributed by atoms with van der Waals surface area (Å²) >= 11 is 0. The molecule has 0 radical (unpaired) electrons. The van der Waals surface area contributed by atoms with Crippen LogP contribution >= 0.6 is 0 Å². The van der Waals surface area contributed by atoms with Crippen LogP contribution in [-0.2, 0) is 14.3 Å². The summed E-state index contributed by atoms with van der Waals surface area (Å²) in [5.41, 5.74) is 0.920. The Morgan fingerprint density at radius 3 is 2.09 bits per heavy atom. The lowest BCUT2D eigenvalue weighted by atomic mass is 9.82. The number of fused-ring (bicyclic) bond motifs is 2. The standard InChI is InChI=1S/C38H55FN4O4/c1-2-41-18-14-31(15-19-41)47-32-16-20-42(21-17-32)38(46)35(25-6-4-3-5-7-25)40-36(44)33-13-10-27(24-34(33)39)28-22-29-11-12-30(23-28)43(29)37(45)26-8-9-26/h10,13,24-26,28-32,35H,2-9,11-12,14-23H2,1H3,(H,40,44). The second kappa shape index (κ2) is 14.5. The predicted octanol–water partition coefficient (Wildman–Crippen LogP) is 5.64. The van der Waals surface area contributed by atoms with Crippen LogP contribution in [0.2, 0.25) is 0 Å². The maximum atomic E-state index is 15.7. The van der Waals surface area contributed by atoms with Gasteiger partial charge in [-0.3, -0.25) is 14.4 Å². The van der Waals surface area contributed by atoms with Gasteiger partial charge < -0.3 is 24.8 Å². The minimum atomic E-state index is -0.637. The lowest BCUT2D eigenvalue weighted by molar-refractivity contribution is -0.139. The topological polar surface area (TPSA) is 82.2 Å². The van der Waals surface area contributed by atoms with Crippen LogP contribution in [0.1, 0.15) is 125 Å². The molecule has 1 aromatic rings. The number of carbonyl (C=O) groups is 3. The number of amides is 3. The first kappa shape index (κ1) is 33.0. The molecule has 4 saturated heterocycles. The molecule has 2 bridgehead atoms. The van der Waals surface area contributed by atoms with Gasteiger partial charge in [0, 0.05) is 44.2 Å². The number of rotatable bonds is 9. The molecule has 3 amide bonds. The molecule has 47 heavy (non-hydrogen) atoms. The van der Waals surface area contributed by atoms with Crippen molar-refractivity contribution in [3.8, 4) is 0 Å². The third kappa shape index (κ3) is 7.41. The zero-order valence-corrected chi connectivity index (χ0v) is 28.3. The molecule has 1 N–H and O–H groups in total. The van der Waals surface area contributed by atoms with Gasteiger partial charge in [-0.05, 0) is 113 Å². The van der Waals surface area contributed by atoms with Crippen molar-refractivity contribution in [1.29, 1.82) is 0 Å². The summed E-state index contributed by atoms with van der Waals surface area (Å²) in [6.07, 6.45) is 15.1. The number of hydrogen-bond donors (Lipinski definition) is 1. The highest BCUT2D eigenvalue weighted by atomic mass is 19.1. The van der Waals surface area contributed by atoms with Crippen molar-refractivity contribution in [3.63, 3.8) is 0 Å². The van der Waals surface area contributed by atoms with Crippen molar-refractivity contribution in [3.05, 3.63) is 35.1 Å². The number of hydrogen-bond acceptors (Lipinski definition) is 5. The van der Waals surface area contributed by atoms with Gasteiger partial charge in [0.05, 0.1) is 17.8 Å². The van der Waals surface area contributed by atoms with Crippen molar-refractivity contribution in [2.75, 3.05) is 32.7 Å². The van der Waals surface area contributed by atoms with Crippen LogP contribution in [0.4, 0.5) is 4.39 Å². The van der Waals surface area contributed by atoms with Gasteiger partial charge in [0.2, 0.25) is 11.8 Å². The van der Waals surface area contributed by atoms with E-state index in [1.54, 1.807) is 6.07 Å². The zero-order chi connectivity index (χ0) is 32.5. The van der Waals surface area contributed by atoms with Gasteiger partial charge in [-0.25, -0.2) is 4.39 Å². The second-order valence-electron chi connectivity index (χ2n) is 15.5. The van der Waals surface area contributed by atoms with Gasteiger partial charge in [-0.2, -0.15) is 0 Å². The minimum Gasteiger partial charge on any atom is -0.375 e. The molecule has 8 nitrogen and oxygen atoms in total. The first-order chi connectivity index (χ1) is 22.9. The molecule has 6 aliphatic rings. The van der Waals surface area contributed by atoms with E-state index in [9.17, 15) is 14.4 Å². The first-order valence-corrected chi connectivity index (χ1v) is 19.0. The average Bonchev–Trinajstić information content (AvgIpc) is 3.92. The van der Waals surface area contributed by atoms with Gasteiger partial charge in [0.1, 0.15) is 11.9 Å². The number of nitrogens with zero attached hydrogens (tertiary/aromatic N) is 3. The zero-order valence-electron chi connectivity index (χ0n) is 28.3. The Morgan fingerprint density at radius 1 is 0.851 bits per heavy atom. The normalized spacial score (nSPS) is 28.8. The molecule has 9 heteroatoms. The lowest BCUT2D eigenvalue weighted by Gasteiger charge is -2.39. The summed E-state index contributed by atoms with van der Waals surface area (Å²) in [5.74, 6) is -0.235. The van der Waals surface area contributed by atoms with Gasteiger partial charge in [0.25, 0.3) is 5.91 Å². The third-order valence-corrected chi connectivity index (χ3v) is 12.4. The van der Waals surface area contributed by atoms with Crippen LogP contribution < -0.4 is 5.32 Å². The van der Waals surface area contributed by atoms with E-state index in [0.717, 1.165) is 122 Å². The van der Waals surface area contributed by atoms with E-state index in [1.165, 1.54) is 6.07 Å². The number of likely N-dealkylation sites (tertiary alicyclic amines) is 2. The molecule has 7 rings (SSSR count). The van der Waals surface area contributed by atoms with Crippen LogP contribution in [0.5, 0.6) is 0 Å². The van der Waals surface area contributed by atoms with Gasteiger partial charge in [0.15, 0.2) is 0 Å². The van der Waals surface area contributed by atoms with E-state index >= 15 is 4.39 Å². The average molecular weight is 651 g/mol. The largest absolute Gasteiger partial charge is 0.375 e. The fourth-order valence-corrected chi connectivity index (χ4v) is 9.43. The molecule has 0 spiro atoms. The maximum absolute atomic E-state index is 15.7. The maximum Gasteiger partial charge on any atom is 0.254 e. The Bertz CT molecular complexity index is 1270. The van der Waals surface area contributed by atoms with Crippen molar-refractivity contribution >= 4 is 17.7 Å². The molecule has 4 aliphatic heterocycles. The summed E-state index contributed by atoms with van der Waals surface area (Å²) < 4.78 is 22.1. The van der Waals surface area contributed by atoms with E-state index in [1.807, 2.05) is 11.0 Å². The molecule has 4 heterocycles. The van der Waals surface area contributed by atoms with Gasteiger partial charge in [-0.15, -0.1) is 0 Å². The fraction of sp³-hybridized carbons (Fsp3) is 0.763. The Hall–Kier alpha value is -2.52. The van der Waals surface area contributed by atoms with E-state index in [2.05, 4.69) is 22.0 Å². The monoisotopic (exact) mass is 650 g/mol. The number of ether oxygens (including phenoxy) is 1. The Balaban J connectivity index is 0.966. The Morgan fingerprint density at radius 2 is 1.49 bits per heavy atom. The molecule has 0 aromatic heterocycles. The smallest absolute Gasteiger partial charge is 0.254 e. The quantitative estimate of drug-likeness (QED) is 0.374. The molecule has 2 saturated carbocycles. The minimum absolute atomic E-state index is 0.00732. The summed E-state index contributed by atoms with van der Waals surface area (Å²) in [6.45, 7) is 6.74. The van der Waals surface area contributed by atoms with Gasteiger partial charge >= 0.3 is 0 Å². The lowest BCUT2D eigenvalue weighted by Crippen LogP contribution is -2.55. The van der Waals surface area contributed by atoms with E-state index in [0.29, 0.717) is 25.1 Å². The highest BCUT2D eigenvalue weighted by Crippen LogP contribution is 2.46. The summed E-state index contributed by atoms with van der Waals surface area (Å²) in [6, 6.07) is 4.90. The van der Waals surface area contributed by atoms with Crippen LogP contribution in [0.25, 0.3) is 0 Å².